The molecule has 6 heteroatoms. The van der Waals surface area contributed by atoms with E-state index in [0.29, 0.717) is 17.0 Å². The highest BCUT2D eigenvalue weighted by Gasteiger charge is 2.20. The predicted octanol–water partition coefficient (Wildman–Crippen LogP) is 3.20. The van der Waals surface area contributed by atoms with Crippen LogP contribution in [0.1, 0.15) is 28.9 Å². The van der Waals surface area contributed by atoms with E-state index in [2.05, 4.69) is 4.98 Å². The molecule has 22 heavy (non-hydrogen) atoms. The van der Waals surface area contributed by atoms with Crippen LogP contribution in [0.2, 0.25) is 0 Å². The summed E-state index contributed by atoms with van der Waals surface area (Å²) in [5, 5.41) is 0. The summed E-state index contributed by atoms with van der Waals surface area (Å²) in [6.07, 6.45) is 1.41. The van der Waals surface area contributed by atoms with Crippen molar-refractivity contribution in [2.24, 2.45) is 0 Å². The van der Waals surface area contributed by atoms with Gasteiger partial charge in [0.2, 0.25) is 5.88 Å². The Labute approximate surface area is 127 Å². The Morgan fingerprint density at radius 1 is 1.23 bits per heavy atom. The number of amides is 1. The second-order valence-electron chi connectivity index (χ2n) is 4.85. The minimum Gasteiger partial charge on any atom is -0.481 e. The number of rotatable bonds is 4. The minimum absolute atomic E-state index is 0.271. The van der Waals surface area contributed by atoms with Crippen LogP contribution in [0.3, 0.4) is 0 Å². The lowest BCUT2D eigenvalue weighted by Gasteiger charge is -2.25. The van der Waals surface area contributed by atoms with Gasteiger partial charge in [0.15, 0.2) is 11.6 Å². The van der Waals surface area contributed by atoms with Gasteiger partial charge in [-0.05, 0) is 30.7 Å². The van der Waals surface area contributed by atoms with Crippen molar-refractivity contribution in [2.75, 3.05) is 14.2 Å². The van der Waals surface area contributed by atoms with Gasteiger partial charge in [-0.15, -0.1) is 0 Å². The summed E-state index contributed by atoms with van der Waals surface area (Å²) in [4.78, 5) is 17.8. The third-order valence-corrected chi connectivity index (χ3v) is 3.52. The van der Waals surface area contributed by atoms with E-state index in [4.69, 9.17) is 4.74 Å². The molecule has 0 fully saturated rings. The number of pyridine rings is 1. The van der Waals surface area contributed by atoms with Crippen LogP contribution in [0.15, 0.2) is 36.5 Å². The Morgan fingerprint density at radius 2 is 1.95 bits per heavy atom. The number of ether oxygens (including phenoxy) is 1. The first-order valence-corrected chi connectivity index (χ1v) is 6.66. The van der Waals surface area contributed by atoms with E-state index in [1.165, 1.54) is 24.3 Å². The lowest BCUT2D eigenvalue weighted by Crippen LogP contribution is -2.29. The molecule has 1 heterocycles. The summed E-state index contributed by atoms with van der Waals surface area (Å²) in [5.41, 5.74) is 0.897. The third-order valence-electron chi connectivity index (χ3n) is 3.52. The van der Waals surface area contributed by atoms with E-state index in [1.54, 1.807) is 26.1 Å². The maximum absolute atomic E-state index is 13.3. The number of nitrogens with zero attached hydrogens (tertiary/aromatic N) is 2. The van der Waals surface area contributed by atoms with Crippen LogP contribution in [-0.2, 0) is 0 Å². The van der Waals surface area contributed by atoms with E-state index in [-0.39, 0.29) is 5.91 Å². The molecule has 0 saturated heterocycles. The van der Waals surface area contributed by atoms with Crippen LogP contribution >= 0.6 is 0 Å². The zero-order valence-electron chi connectivity index (χ0n) is 12.5. The van der Waals surface area contributed by atoms with Gasteiger partial charge >= 0.3 is 0 Å². The van der Waals surface area contributed by atoms with Gasteiger partial charge in [0, 0.05) is 19.3 Å². The van der Waals surface area contributed by atoms with Crippen LogP contribution in [0.25, 0.3) is 0 Å². The standard InChI is InChI=1S/C16H16F2N2O2/c1-10(11-4-6-13(17)14(18)8-11)20(2)16(21)12-5-7-15(22-3)19-9-12/h4-10H,1-3H3. The first-order chi connectivity index (χ1) is 10.4. The molecule has 4 nitrogen and oxygen atoms in total. The molecule has 1 atom stereocenters. The van der Waals surface area contributed by atoms with Gasteiger partial charge < -0.3 is 9.64 Å². The van der Waals surface area contributed by atoms with E-state index in [1.807, 2.05) is 0 Å². The maximum atomic E-state index is 13.3. The summed E-state index contributed by atoms with van der Waals surface area (Å²) in [5.74, 6) is -1.71. The van der Waals surface area contributed by atoms with E-state index in [9.17, 15) is 13.6 Å². The largest absolute Gasteiger partial charge is 0.481 e. The number of carbonyl (C=O) groups excluding carboxylic acids is 1. The first kappa shape index (κ1) is 15.9. The Kier molecular flexibility index (Phi) is 4.70. The molecule has 1 aromatic heterocycles. The molecule has 0 saturated carbocycles. The van der Waals surface area contributed by atoms with Gasteiger partial charge in [0.05, 0.1) is 18.7 Å². The van der Waals surface area contributed by atoms with Crippen molar-refractivity contribution in [3.63, 3.8) is 0 Å². The molecular weight excluding hydrogens is 290 g/mol. The second kappa shape index (κ2) is 6.51. The fourth-order valence-electron chi connectivity index (χ4n) is 2.00. The first-order valence-electron chi connectivity index (χ1n) is 6.66. The Hall–Kier alpha value is -2.50. The number of hydrogen-bond donors (Lipinski definition) is 0. The van der Waals surface area contributed by atoms with Crippen molar-refractivity contribution in [1.82, 2.24) is 9.88 Å². The molecule has 0 N–H and O–H groups in total. The lowest BCUT2D eigenvalue weighted by molar-refractivity contribution is 0.0742. The van der Waals surface area contributed by atoms with E-state index < -0.39 is 17.7 Å². The molecule has 1 unspecified atom stereocenters. The fourth-order valence-corrected chi connectivity index (χ4v) is 2.00. The summed E-state index contributed by atoms with van der Waals surface area (Å²) in [6, 6.07) is 6.37. The SMILES string of the molecule is COc1ccc(C(=O)N(C)C(C)c2ccc(F)c(F)c2)cn1. The van der Waals surface area contributed by atoms with Crippen molar-refractivity contribution in [2.45, 2.75) is 13.0 Å². The van der Waals surface area contributed by atoms with Crippen LogP contribution in [0.4, 0.5) is 8.78 Å². The monoisotopic (exact) mass is 306 g/mol. The molecule has 0 bridgehead atoms. The van der Waals surface area contributed by atoms with Gasteiger partial charge in [-0.1, -0.05) is 6.07 Å². The van der Waals surface area contributed by atoms with Crippen molar-refractivity contribution in [1.29, 1.82) is 0 Å². The Balaban J connectivity index is 2.19. The summed E-state index contributed by atoms with van der Waals surface area (Å²) in [7, 11) is 3.08. The highest BCUT2D eigenvalue weighted by Crippen LogP contribution is 2.22. The van der Waals surface area contributed by atoms with Crippen LogP contribution in [0.5, 0.6) is 5.88 Å². The normalized spacial score (nSPS) is 11.9. The second-order valence-corrected chi connectivity index (χ2v) is 4.85. The number of halogens is 2. The molecule has 0 spiro atoms. The number of benzene rings is 1. The van der Waals surface area contributed by atoms with Crippen molar-refractivity contribution in [3.05, 3.63) is 59.3 Å². The predicted molar refractivity (Wildman–Crippen MR) is 77.7 cm³/mol. The van der Waals surface area contributed by atoms with Crippen LogP contribution < -0.4 is 4.74 Å². The molecular formula is C16H16F2N2O2. The third kappa shape index (κ3) is 3.21. The quantitative estimate of drug-likeness (QED) is 0.871. The molecule has 2 aromatic rings. The van der Waals surface area contributed by atoms with Gasteiger partial charge in [-0.2, -0.15) is 0 Å². The number of hydrogen-bond acceptors (Lipinski definition) is 3. The van der Waals surface area contributed by atoms with Gasteiger partial charge in [0.25, 0.3) is 5.91 Å². The minimum atomic E-state index is -0.934. The molecule has 0 radical (unpaired) electrons. The van der Waals surface area contributed by atoms with E-state index >= 15 is 0 Å². The zero-order chi connectivity index (χ0) is 16.3. The van der Waals surface area contributed by atoms with Crippen molar-refractivity contribution >= 4 is 5.91 Å². The molecule has 0 aliphatic rings. The summed E-state index contributed by atoms with van der Waals surface area (Å²) in [6.45, 7) is 1.74. The van der Waals surface area contributed by atoms with E-state index in [0.717, 1.165) is 12.1 Å². The molecule has 1 amide bonds. The maximum Gasteiger partial charge on any atom is 0.255 e. The lowest BCUT2D eigenvalue weighted by atomic mass is 10.1. The number of carbonyl (C=O) groups is 1. The van der Waals surface area contributed by atoms with Crippen molar-refractivity contribution < 1.29 is 18.3 Å². The zero-order valence-corrected chi connectivity index (χ0v) is 12.5. The highest BCUT2D eigenvalue weighted by molar-refractivity contribution is 5.94. The average Bonchev–Trinajstić information content (AvgIpc) is 2.55. The molecule has 0 aliphatic carbocycles. The van der Waals surface area contributed by atoms with Crippen molar-refractivity contribution in [3.8, 4) is 5.88 Å². The van der Waals surface area contributed by atoms with Gasteiger partial charge in [-0.3, -0.25) is 4.79 Å². The topological polar surface area (TPSA) is 42.4 Å². The summed E-state index contributed by atoms with van der Waals surface area (Å²) < 4.78 is 31.2. The van der Waals surface area contributed by atoms with Gasteiger partial charge in [0.1, 0.15) is 0 Å². The molecule has 1 aromatic carbocycles. The highest BCUT2D eigenvalue weighted by atomic mass is 19.2. The summed E-state index contributed by atoms with van der Waals surface area (Å²) >= 11 is 0. The number of aromatic nitrogens is 1. The van der Waals surface area contributed by atoms with Crippen LogP contribution in [0, 0.1) is 11.6 Å². The molecule has 2 rings (SSSR count). The Bertz CT molecular complexity index is 674. The average molecular weight is 306 g/mol. The van der Waals surface area contributed by atoms with Crippen LogP contribution in [-0.4, -0.2) is 29.9 Å². The smallest absolute Gasteiger partial charge is 0.255 e. The fraction of sp³-hybridized carbons (Fsp3) is 0.250. The molecule has 0 aliphatic heterocycles. The number of methoxy groups -OCH3 is 1. The molecule has 116 valence electrons. The Morgan fingerprint density at radius 3 is 2.50 bits per heavy atom. The van der Waals surface area contributed by atoms with Gasteiger partial charge in [-0.25, -0.2) is 13.8 Å².